The first-order valence-electron chi connectivity index (χ1n) is 8.16. The van der Waals surface area contributed by atoms with Crippen LogP contribution in [0, 0.1) is 13.8 Å². The van der Waals surface area contributed by atoms with Crippen molar-refractivity contribution in [3.05, 3.63) is 57.3 Å². The van der Waals surface area contributed by atoms with Crippen LogP contribution < -0.4 is 10.4 Å². The molecule has 0 N–H and O–H groups in total. The molecular formula is C19H19NO6. The standard InChI is InChI=1S/C19H19NO6/c1-11-15(12(2)26-20-11)6-7-18(21)24-10-13-8-19(22)25-17-9-14(23-3)4-5-16(13)17/h4-5,8-9H,6-7,10H2,1-3H3. The number of hydrogen-bond acceptors (Lipinski definition) is 7. The summed E-state index contributed by atoms with van der Waals surface area (Å²) >= 11 is 0. The lowest BCUT2D eigenvalue weighted by Crippen LogP contribution is -2.09. The van der Waals surface area contributed by atoms with Crippen LogP contribution in [0.5, 0.6) is 5.75 Å². The SMILES string of the molecule is COc1ccc2c(COC(=O)CCc3c(C)noc3C)cc(=O)oc2c1. The first kappa shape index (κ1) is 17.7. The number of aryl methyl sites for hydroxylation is 2. The van der Waals surface area contributed by atoms with Gasteiger partial charge in [-0.1, -0.05) is 5.16 Å². The van der Waals surface area contributed by atoms with Crippen molar-refractivity contribution in [3.63, 3.8) is 0 Å². The maximum Gasteiger partial charge on any atom is 0.336 e. The smallest absolute Gasteiger partial charge is 0.336 e. The first-order valence-corrected chi connectivity index (χ1v) is 8.16. The summed E-state index contributed by atoms with van der Waals surface area (Å²) < 4.78 is 20.7. The van der Waals surface area contributed by atoms with Crippen LogP contribution in [0.25, 0.3) is 11.0 Å². The van der Waals surface area contributed by atoms with Gasteiger partial charge in [0.15, 0.2) is 0 Å². The van der Waals surface area contributed by atoms with Gasteiger partial charge in [-0.05, 0) is 32.4 Å². The Morgan fingerprint density at radius 2 is 2.04 bits per heavy atom. The number of methoxy groups -OCH3 is 1. The number of nitrogens with zero attached hydrogens (tertiary/aromatic N) is 1. The summed E-state index contributed by atoms with van der Waals surface area (Å²) in [7, 11) is 1.53. The molecule has 0 atom stereocenters. The van der Waals surface area contributed by atoms with Crippen molar-refractivity contribution in [2.45, 2.75) is 33.3 Å². The zero-order valence-corrected chi connectivity index (χ0v) is 14.8. The van der Waals surface area contributed by atoms with Crippen molar-refractivity contribution in [1.29, 1.82) is 0 Å². The van der Waals surface area contributed by atoms with Crippen molar-refractivity contribution in [2.24, 2.45) is 0 Å². The average Bonchev–Trinajstić information content (AvgIpc) is 2.95. The molecule has 0 bridgehead atoms. The Morgan fingerprint density at radius 1 is 1.23 bits per heavy atom. The van der Waals surface area contributed by atoms with Crippen LogP contribution in [0.1, 0.15) is 29.0 Å². The molecule has 0 spiro atoms. The average molecular weight is 357 g/mol. The number of carbonyl (C=O) groups excluding carboxylic acids is 1. The van der Waals surface area contributed by atoms with Crippen molar-refractivity contribution >= 4 is 16.9 Å². The highest BCUT2D eigenvalue weighted by molar-refractivity contribution is 5.81. The Bertz CT molecular complexity index is 981. The minimum Gasteiger partial charge on any atom is -0.497 e. The summed E-state index contributed by atoms with van der Waals surface area (Å²) in [6, 6.07) is 6.48. The predicted octanol–water partition coefficient (Wildman–Crippen LogP) is 3.08. The molecule has 0 saturated carbocycles. The van der Waals surface area contributed by atoms with E-state index < -0.39 is 5.63 Å². The molecule has 2 heterocycles. The fourth-order valence-corrected chi connectivity index (χ4v) is 2.77. The Hall–Kier alpha value is -3.09. The molecule has 7 nitrogen and oxygen atoms in total. The molecule has 2 aromatic heterocycles. The van der Waals surface area contributed by atoms with E-state index in [1.165, 1.54) is 13.2 Å². The van der Waals surface area contributed by atoms with Gasteiger partial charge in [0.2, 0.25) is 0 Å². The van der Waals surface area contributed by atoms with Crippen LogP contribution in [0.3, 0.4) is 0 Å². The van der Waals surface area contributed by atoms with Crippen molar-refractivity contribution in [2.75, 3.05) is 7.11 Å². The van der Waals surface area contributed by atoms with Gasteiger partial charge in [-0.25, -0.2) is 4.79 Å². The number of ether oxygens (including phenoxy) is 2. The molecule has 0 aliphatic heterocycles. The lowest BCUT2D eigenvalue weighted by molar-refractivity contribution is -0.144. The number of carbonyl (C=O) groups is 1. The normalized spacial score (nSPS) is 10.9. The molecule has 0 aliphatic rings. The molecular weight excluding hydrogens is 338 g/mol. The summed E-state index contributed by atoms with van der Waals surface area (Å²) in [6.07, 6.45) is 0.699. The highest BCUT2D eigenvalue weighted by Gasteiger charge is 2.13. The van der Waals surface area contributed by atoms with E-state index in [0.717, 1.165) is 11.3 Å². The Morgan fingerprint density at radius 3 is 2.73 bits per heavy atom. The number of benzene rings is 1. The van der Waals surface area contributed by atoms with Gasteiger partial charge in [-0.3, -0.25) is 4.79 Å². The number of esters is 1. The summed E-state index contributed by atoms with van der Waals surface area (Å²) in [5.41, 5.74) is 2.16. The maximum absolute atomic E-state index is 12.1. The van der Waals surface area contributed by atoms with Gasteiger partial charge in [0.1, 0.15) is 23.7 Å². The topological polar surface area (TPSA) is 91.8 Å². The van der Waals surface area contributed by atoms with Gasteiger partial charge in [0, 0.05) is 35.1 Å². The van der Waals surface area contributed by atoms with E-state index in [-0.39, 0.29) is 19.0 Å². The lowest BCUT2D eigenvalue weighted by Gasteiger charge is -2.08. The number of fused-ring (bicyclic) bond motifs is 1. The van der Waals surface area contributed by atoms with Gasteiger partial charge < -0.3 is 18.4 Å². The van der Waals surface area contributed by atoms with E-state index in [4.69, 9.17) is 18.4 Å². The highest BCUT2D eigenvalue weighted by Crippen LogP contribution is 2.23. The number of hydrogen-bond donors (Lipinski definition) is 0. The van der Waals surface area contributed by atoms with Gasteiger partial charge in [0.05, 0.1) is 12.8 Å². The molecule has 26 heavy (non-hydrogen) atoms. The van der Waals surface area contributed by atoms with Crippen molar-refractivity contribution < 1.29 is 23.2 Å². The molecule has 1 aromatic carbocycles. The second kappa shape index (κ2) is 7.43. The van der Waals surface area contributed by atoms with Crippen LogP contribution >= 0.6 is 0 Å². The second-order valence-corrected chi connectivity index (χ2v) is 5.92. The third-order valence-electron chi connectivity index (χ3n) is 4.19. The van der Waals surface area contributed by atoms with E-state index in [0.29, 0.717) is 34.5 Å². The molecule has 0 unspecified atom stereocenters. The Balaban J connectivity index is 1.69. The second-order valence-electron chi connectivity index (χ2n) is 5.92. The van der Waals surface area contributed by atoms with Crippen molar-refractivity contribution in [3.8, 4) is 5.75 Å². The molecule has 7 heteroatoms. The third-order valence-corrected chi connectivity index (χ3v) is 4.19. The molecule has 0 radical (unpaired) electrons. The van der Waals surface area contributed by atoms with Gasteiger partial charge in [-0.15, -0.1) is 0 Å². The van der Waals surface area contributed by atoms with Gasteiger partial charge in [-0.2, -0.15) is 0 Å². The van der Waals surface area contributed by atoms with E-state index >= 15 is 0 Å². The monoisotopic (exact) mass is 357 g/mol. The predicted molar refractivity (Wildman–Crippen MR) is 93.1 cm³/mol. The highest BCUT2D eigenvalue weighted by atomic mass is 16.5. The maximum atomic E-state index is 12.1. The molecule has 3 aromatic rings. The molecule has 0 fully saturated rings. The quantitative estimate of drug-likeness (QED) is 0.494. The minimum atomic E-state index is -0.507. The van der Waals surface area contributed by atoms with Gasteiger partial charge in [0.25, 0.3) is 0 Å². The summed E-state index contributed by atoms with van der Waals surface area (Å²) in [5.74, 6) is 0.921. The lowest BCUT2D eigenvalue weighted by atomic mass is 10.1. The zero-order valence-electron chi connectivity index (χ0n) is 14.8. The van der Waals surface area contributed by atoms with E-state index in [1.54, 1.807) is 18.2 Å². The largest absolute Gasteiger partial charge is 0.497 e. The fraction of sp³-hybridized carbons (Fsp3) is 0.316. The van der Waals surface area contributed by atoms with Gasteiger partial charge >= 0.3 is 11.6 Å². The van der Waals surface area contributed by atoms with Crippen LogP contribution in [-0.4, -0.2) is 18.2 Å². The van der Waals surface area contributed by atoms with Crippen LogP contribution in [0.2, 0.25) is 0 Å². The van der Waals surface area contributed by atoms with Crippen LogP contribution in [-0.2, 0) is 22.6 Å². The van der Waals surface area contributed by atoms with Crippen LogP contribution in [0.15, 0.2) is 38.0 Å². The zero-order chi connectivity index (χ0) is 18.7. The molecule has 0 aliphatic carbocycles. The van der Waals surface area contributed by atoms with E-state index in [1.807, 2.05) is 13.8 Å². The summed E-state index contributed by atoms with van der Waals surface area (Å²) in [4.78, 5) is 23.8. The molecule has 0 saturated heterocycles. The molecule has 0 amide bonds. The summed E-state index contributed by atoms with van der Waals surface area (Å²) in [6.45, 7) is 3.64. The summed E-state index contributed by atoms with van der Waals surface area (Å²) in [5, 5.41) is 4.56. The number of rotatable bonds is 6. The third kappa shape index (κ3) is 3.77. The first-order chi connectivity index (χ1) is 12.5. The van der Waals surface area contributed by atoms with E-state index in [9.17, 15) is 9.59 Å². The molecule has 136 valence electrons. The Labute approximate surface area is 149 Å². The fourth-order valence-electron chi connectivity index (χ4n) is 2.77. The minimum absolute atomic E-state index is 0.00510. The van der Waals surface area contributed by atoms with E-state index in [2.05, 4.69) is 5.16 Å². The van der Waals surface area contributed by atoms with Crippen LogP contribution in [0.4, 0.5) is 0 Å². The number of aromatic nitrogens is 1. The van der Waals surface area contributed by atoms with Crippen molar-refractivity contribution in [1.82, 2.24) is 5.16 Å². The molecule has 3 rings (SSSR count). The Kier molecular flexibility index (Phi) is 5.06.